The molecule has 142 valence electrons. The number of hydrogen-bond donors (Lipinski definition) is 2. The van der Waals surface area contributed by atoms with E-state index in [2.05, 4.69) is 10.6 Å². The number of ether oxygens (including phenoxy) is 1. The largest absolute Gasteiger partial charge is 0.465 e. The van der Waals surface area contributed by atoms with E-state index in [4.69, 9.17) is 4.74 Å². The number of methoxy groups -OCH3 is 1. The minimum Gasteiger partial charge on any atom is -0.465 e. The molecule has 2 aromatic rings. The van der Waals surface area contributed by atoms with E-state index in [1.807, 2.05) is 13.8 Å². The molecule has 2 amide bonds. The molecule has 2 aromatic carbocycles. The molecule has 0 bridgehead atoms. The van der Waals surface area contributed by atoms with Crippen molar-refractivity contribution < 1.29 is 19.1 Å². The van der Waals surface area contributed by atoms with Gasteiger partial charge in [-0.25, -0.2) is 4.79 Å². The molecule has 2 rings (SSSR count). The molecule has 0 aliphatic rings. The van der Waals surface area contributed by atoms with Crippen LogP contribution in [0, 0.1) is 12.8 Å². The standard InChI is InChI=1S/C21H24N2O4/c1-13(2)12-19(24)22-17-11-7-9-15(14(17)3)20(25)23-18-10-6-5-8-16(18)21(26)27-4/h5-11,13H,12H2,1-4H3,(H,22,24)(H,23,25). The molecule has 0 radical (unpaired) electrons. The van der Waals surface area contributed by atoms with Crippen molar-refractivity contribution in [3.05, 3.63) is 59.2 Å². The van der Waals surface area contributed by atoms with Gasteiger partial charge in [-0.15, -0.1) is 0 Å². The highest BCUT2D eigenvalue weighted by atomic mass is 16.5. The van der Waals surface area contributed by atoms with Crippen molar-refractivity contribution in [3.8, 4) is 0 Å². The normalized spacial score (nSPS) is 10.4. The lowest BCUT2D eigenvalue weighted by Gasteiger charge is -2.14. The van der Waals surface area contributed by atoms with Gasteiger partial charge in [-0.3, -0.25) is 9.59 Å². The van der Waals surface area contributed by atoms with E-state index in [0.29, 0.717) is 28.9 Å². The summed E-state index contributed by atoms with van der Waals surface area (Å²) in [5.74, 6) is -0.755. The van der Waals surface area contributed by atoms with Gasteiger partial charge in [0.25, 0.3) is 5.91 Å². The summed E-state index contributed by atoms with van der Waals surface area (Å²) < 4.78 is 4.74. The number of carbonyl (C=O) groups is 3. The predicted molar refractivity (Wildman–Crippen MR) is 105 cm³/mol. The summed E-state index contributed by atoms with van der Waals surface area (Å²) in [5.41, 5.74) is 2.30. The number of hydrogen-bond acceptors (Lipinski definition) is 4. The number of amides is 2. The molecule has 6 heteroatoms. The predicted octanol–water partition coefficient (Wildman–Crippen LogP) is 4.02. The van der Waals surface area contributed by atoms with Crippen molar-refractivity contribution >= 4 is 29.2 Å². The van der Waals surface area contributed by atoms with Crippen LogP contribution in [0.15, 0.2) is 42.5 Å². The van der Waals surface area contributed by atoms with Crippen molar-refractivity contribution in [1.82, 2.24) is 0 Å². The van der Waals surface area contributed by atoms with E-state index in [1.165, 1.54) is 7.11 Å². The van der Waals surface area contributed by atoms with Gasteiger partial charge in [0.1, 0.15) is 0 Å². The van der Waals surface area contributed by atoms with E-state index in [-0.39, 0.29) is 23.3 Å². The van der Waals surface area contributed by atoms with Crippen LogP contribution in [0.3, 0.4) is 0 Å². The Morgan fingerprint density at radius 2 is 1.56 bits per heavy atom. The number of para-hydroxylation sites is 1. The van der Waals surface area contributed by atoms with E-state index >= 15 is 0 Å². The molecule has 0 atom stereocenters. The number of esters is 1. The molecule has 2 N–H and O–H groups in total. The molecule has 0 aliphatic heterocycles. The van der Waals surface area contributed by atoms with Crippen LogP contribution in [-0.2, 0) is 9.53 Å². The smallest absolute Gasteiger partial charge is 0.339 e. The summed E-state index contributed by atoms with van der Waals surface area (Å²) >= 11 is 0. The molecular weight excluding hydrogens is 344 g/mol. The second kappa shape index (κ2) is 8.98. The van der Waals surface area contributed by atoms with Gasteiger partial charge < -0.3 is 15.4 Å². The van der Waals surface area contributed by atoms with E-state index < -0.39 is 5.97 Å². The maximum Gasteiger partial charge on any atom is 0.339 e. The highest BCUT2D eigenvalue weighted by Crippen LogP contribution is 2.22. The number of anilines is 2. The van der Waals surface area contributed by atoms with E-state index in [1.54, 1.807) is 49.4 Å². The molecular formula is C21H24N2O4. The molecule has 0 spiro atoms. The lowest BCUT2D eigenvalue weighted by molar-refractivity contribution is -0.116. The zero-order valence-electron chi connectivity index (χ0n) is 16.0. The minimum absolute atomic E-state index is 0.0957. The van der Waals surface area contributed by atoms with Crippen LogP contribution in [-0.4, -0.2) is 24.9 Å². The Morgan fingerprint density at radius 1 is 0.926 bits per heavy atom. The summed E-state index contributed by atoms with van der Waals surface area (Å²) in [6.45, 7) is 5.70. The molecule has 0 aromatic heterocycles. The van der Waals surface area contributed by atoms with Gasteiger partial charge in [0, 0.05) is 17.7 Å². The van der Waals surface area contributed by atoms with E-state index in [9.17, 15) is 14.4 Å². The second-order valence-electron chi connectivity index (χ2n) is 6.62. The molecule has 0 heterocycles. The van der Waals surface area contributed by atoms with Gasteiger partial charge in [-0.05, 0) is 42.7 Å². The summed E-state index contributed by atoms with van der Waals surface area (Å²) in [5, 5.41) is 5.59. The Kier molecular flexibility index (Phi) is 6.71. The third-order valence-corrected chi connectivity index (χ3v) is 4.03. The summed E-state index contributed by atoms with van der Waals surface area (Å²) in [7, 11) is 1.29. The van der Waals surface area contributed by atoms with Crippen LogP contribution in [0.1, 0.15) is 46.5 Å². The van der Waals surface area contributed by atoms with Gasteiger partial charge in [0.05, 0.1) is 18.4 Å². The average Bonchev–Trinajstić information content (AvgIpc) is 2.62. The topological polar surface area (TPSA) is 84.5 Å². The molecule has 0 saturated heterocycles. The summed E-state index contributed by atoms with van der Waals surface area (Å²) in [4.78, 5) is 36.6. The molecule has 0 aliphatic carbocycles. The SMILES string of the molecule is COC(=O)c1ccccc1NC(=O)c1cccc(NC(=O)CC(C)C)c1C. The zero-order valence-corrected chi connectivity index (χ0v) is 16.0. The second-order valence-corrected chi connectivity index (χ2v) is 6.62. The molecule has 0 saturated carbocycles. The van der Waals surface area contributed by atoms with Crippen LogP contribution >= 0.6 is 0 Å². The fourth-order valence-corrected chi connectivity index (χ4v) is 2.66. The maximum atomic E-state index is 12.7. The van der Waals surface area contributed by atoms with Gasteiger partial charge in [-0.2, -0.15) is 0 Å². The van der Waals surface area contributed by atoms with Gasteiger partial charge >= 0.3 is 5.97 Å². The maximum absolute atomic E-state index is 12.7. The number of rotatable bonds is 6. The van der Waals surface area contributed by atoms with Gasteiger partial charge in [-0.1, -0.05) is 32.0 Å². The molecule has 6 nitrogen and oxygen atoms in total. The van der Waals surface area contributed by atoms with Crippen molar-refractivity contribution in [1.29, 1.82) is 0 Å². The van der Waals surface area contributed by atoms with Crippen molar-refractivity contribution in [3.63, 3.8) is 0 Å². The summed E-state index contributed by atoms with van der Waals surface area (Å²) in [6.07, 6.45) is 0.405. The van der Waals surface area contributed by atoms with Gasteiger partial charge in [0.15, 0.2) is 0 Å². The summed E-state index contributed by atoms with van der Waals surface area (Å²) in [6, 6.07) is 11.8. The zero-order chi connectivity index (χ0) is 20.0. The average molecular weight is 368 g/mol. The third-order valence-electron chi connectivity index (χ3n) is 4.03. The first-order valence-electron chi connectivity index (χ1n) is 8.71. The van der Waals surface area contributed by atoms with Crippen LogP contribution in [0.2, 0.25) is 0 Å². The van der Waals surface area contributed by atoms with Crippen molar-refractivity contribution in [2.24, 2.45) is 5.92 Å². The van der Waals surface area contributed by atoms with Gasteiger partial charge in [0.2, 0.25) is 5.91 Å². The Hall–Kier alpha value is -3.15. The quantitative estimate of drug-likeness (QED) is 0.754. The van der Waals surface area contributed by atoms with Crippen molar-refractivity contribution in [2.45, 2.75) is 27.2 Å². The highest BCUT2D eigenvalue weighted by molar-refractivity contribution is 6.09. The molecule has 27 heavy (non-hydrogen) atoms. The van der Waals surface area contributed by atoms with Crippen LogP contribution < -0.4 is 10.6 Å². The Balaban J connectivity index is 2.24. The Morgan fingerprint density at radius 3 is 2.22 bits per heavy atom. The number of nitrogens with one attached hydrogen (secondary N) is 2. The molecule has 0 fully saturated rings. The van der Waals surface area contributed by atoms with Crippen LogP contribution in [0.25, 0.3) is 0 Å². The third kappa shape index (κ3) is 5.17. The van der Waals surface area contributed by atoms with Crippen LogP contribution in [0.5, 0.6) is 0 Å². The fourth-order valence-electron chi connectivity index (χ4n) is 2.66. The van der Waals surface area contributed by atoms with E-state index in [0.717, 1.165) is 0 Å². The minimum atomic E-state index is -0.530. The molecule has 0 unspecified atom stereocenters. The first kappa shape index (κ1) is 20.2. The first-order valence-corrected chi connectivity index (χ1v) is 8.71. The van der Waals surface area contributed by atoms with Crippen LogP contribution in [0.4, 0.5) is 11.4 Å². The monoisotopic (exact) mass is 368 g/mol. The lowest BCUT2D eigenvalue weighted by atomic mass is 10.0. The number of carbonyl (C=O) groups excluding carboxylic acids is 3. The number of benzene rings is 2. The Bertz CT molecular complexity index is 859. The first-order chi connectivity index (χ1) is 12.8. The van der Waals surface area contributed by atoms with Crippen molar-refractivity contribution in [2.75, 3.05) is 17.7 Å². The Labute approximate surface area is 158 Å². The fraction of sp³-hybridized carbons (Fsp3) is 0.286. The highest BCUT2D eigenvalue weighted by Gasteiger charge is 2.17. The lowest BCUT2D eigenvalue weighted by Crippen LogP contribution is -2.18.